The van der Waals surface area contributed by atoms with Crippen LogP contribution in [0.5, 0.6) is 0 Å². The van der Waals surface area contributed by atoms with Crippen molar-refractivity contribution in [2.24, 2.45) is 0 Å². The van der Waals surface area contributed by atoms with Crippen molar-refractivity contribution in [1.29, 1.82) is 0 Å². The first kappa shape index (κ1) is 25.9. The van der Waals surface area contributed by atoms with E-state index in [1.165, 1.54) is 4.57 Å². The minimum Gasteiger partial charge on any atom is -0.356 e. The van der Waals surface area contributed by atoms with Crippen LogP contribution in [0.25, 0.3) is 16.6 Å². The minimum absolute atomic E-state index is 0.0860. The minimum atomic E-state index is -0.644. The van der Waals surface area contributed by atoms with Crippen molar-refractivity contribution in [3.8, 4) is 5.69 Å². The molecule has 4 rings (SSSR count). The van der Waals surface area contributed by atoms with Crippen molar-refractivity contribution < 1.29 is 9.59 Å². The molecule has 4 aromatic rings. The number of amides is 2. The Morgan fingerprint density at radius 3 is 2.41 bits per heavy atom. The van der Waals surface area contributed by atoms with Gasteiger partial charge in [-0.1, -0.05) is 55.3 Å². The largest absolute Gasteiger partial charge is 0.356 e. The molecule has 1 aromatic heterocycles. The highest BCUT2D eigenvalue weighted by molar-refractivity contribution is 6.30. The average Bonchev–Trinajstić information content (AvgIpc) is 2.88. The monoisotopic (exact) mass is 518 g/mol. The van der Waals surface area contributed by atoms with E-state index in [-0.39, 0.29) is 18.9 Å². The number of rotatable bonds is 9. The molecule has 0 aliphatic heterocycles. The van der Waals surface area contributed by atoms with E-state index in [0.29, 0.717) is 33.8 Å². The molecule has 0 spiro atoms. The number of carbonyl (C=O) groups excluding carboxylic acids is 2. The fourth-order valence-corrected chi connectivity index (χ4v) is 4.22. The van der Waals surface area contributed by atoms with Crippen molar-refractivity contribution in [3.05, 3.63) is 104 Å². The van der Waals surface area contributed by atoms with Crippen LogP contribution in [0.4, 0.5) is 5.69 Å². The van der Waals surface area contributed by atoms with E-state index in [0.717, 1.165) is 23.0 Å². The van der Waals surface area contributed by atoms with Crippen LogP contribution in [0.15, 0.2) is 82.4 Å². The molecule has 2 amide bonds. The zero-order chi connectivity index (χ0) is 26.4. The summed E-state index contributed by atoms with van der Waals surface area (Å²) in [5.41, 5.74) is 0.827. The summed E-state index contributed by atoms with van der Waals surface area (Å²) in [7, 11) is 0. The normalized spacial score (nSPS) is 10.9. The molecular weight excluding hydrogens is 492 g/mol. The van der Waals surface area contributed by atoms with Gasteiger partial charge in [-0.05, 0) is 54.4 Å². The van der Waals surface area contributed by atoms with Crippen molar-refractivity contribution in [1.82, 2.24) is 14.5 Å². The summed E-state index contributed by atoms with van der Waals surface area (Å²) in [5, 5.41) is 6.37. The summed E-state index contributed by atoms with van der Waals surface area (Å²) < 4.78 is 2.31. The van der Waals surface area contributed by atoms with Crippen LogP contribution < -0.4 is 21.9 Å². The highest BCUT2D eigenvalue weighted by Gasteiger charge is 2.17. The number of hydrogen-bond acceptors (Lipinski definition) is 4. The van der Waals surface area contributed by atoms with E-state index in [1.807, 2.05) is 0 Å². The molecule has 190 valence electrons. The van der Waals surface area contributed by atoms with E-state index in [2.05, 4.69) is 17.6 Å². The van der Waals surface area contributed by atoms with Crippen LogP contribution in [0, 0.1) is 0 Å². The van der Waals surface area contributed by atoms with E-state index in [9.17, 15) is 19.2 Å². The van der Waals surface area contributed by atoms with Gasteiger partial charge in [0.1, 0.15) is 6.54 Å². The summed E-state index contributed by atoms with van der Waals surface area (Å²) >= 11 is 6.00. The summed E-state index contributed by atoms with van der Waals surface area (Å²) in [6.45, 7) is 2.38. The lowest BCUT2D eigenvalue weighted by Gasteiger charge is -2.14. The van der Waals surface area contributed by atoms with Gasteiger partial charge in [0.2, 0.25) is 11.8 Å². The van der Waals surface area contributed by atoms with E-state index in [1.54, 1.807) is 72.8 Å². The zero-order valence-corrected chi connectivity index (χ0v) is 21.1. The van der Waals surface area contributed by atoms with Crippen molar-refractivity contribution in [2.75, 3.05) is 11.9 Å². The third kappa shape index (κ3) is 6.16. The number of anilines is 1. The fourth-order valence-electron chi connectivity index (χ4n) is 4.03. The number of benzene rings is 3. The molecular formula is C28H27ClN4O4. The van der Waals surface area contributed by atoms with Crippen LogP contribution in [0.3, 0.4) is 0 Å². The van der Waals surface area contributed by atoms with E-state index >= 15 is 0 Å². The maximum absolute atomic E-state index is 13.5. The maximum atomic E-state index is 13.5. The molecule has 0 radical (unpaired) electrons. The second-order valence-electron chi connectivity index (χ2n) is 8.63. The molecule has 1 heterocycles. The Bertz CT molecular complexity index is 1560. The predicted molar refractivity (Wildman–Crippen MR) is 146 cm³/mol. The fraction of sp³-hybridized carbons (Fsp3) is 0.214. The van der Waals surface area contributed by atoms with Crippen LogP contribution >= 0.6 is 11.6 Å². The summed E-state index contributed by atoms with van der Waals surface area (Å²) in [6, 6.07) is 20.0. The number of fused-ring (bicyclic) bond motifs is 1. The third-order valence-electron chi connectivity index (χ3n) is 5.87. The second kappa shape index (κ2) is 11.7. The van der Waals surface area contributed by atoms with Gasteiger partial charge >= 0.3 is 5.69 Å². The molecule has 0 atom stereocenters. The molecule has 9 heteroatoms. The van der Waals surface area contributed by atoms with Crippen LogP contribution in [0.1, 0.15) is 25.3 Å². The highest BCUT2D eigenvalue weighted by Crippen LogP contribution is 2.16. The molecule has 0 fully saturated rings. The molecule has 0 saturated heterocycles. The standard InChI is InChI=1S/C28H27ClN4O4/c1-2-3-15-30-25(34)16-19-11-13-22(14-12-19)33-27(36)23-9-4-5-10-24(23)32(28(33)37)18-26(35)31-21-8-6-7-20(29)17-21/h4-14,17H,2-3,15-16,18H2,1H3,(H,30,34)(H,31,35). The molecule has 0 saturated carbocycles. The molecule has 8 nitrogen and oxygen atoms in total. The molecule has 0 aliphatic rings. The lowest BCUT2D eigenvalue weighted by atomic mass is 10.1. The maximum Gasteiger partial charge on any atom is 0.336 e. The smallest absolute Gasteiger partial charge is 0.336 e. The Labute approximate surface area is 218 Å². The highest BCUT2D eigenvalue weighted by atomic mass is 35.5. The van der Waals surface area contributed by atoms with E-state index in [4.69, 9.17) is 11.6 Å². The van der Waals surface area contributed by atoms with Gasteiger partial charge in [-0.25, -0.2) is 9.36 Å². The summed E-state index contributed by atoms with van der Waals surface area (Å²) in [6.07, 6.45) is 2.11. The summed E-state index contributed by atoms with van der Waals surface area (Å²) in [5.74, 6) is -0.527. The van der Waals surface area contributed by atoms with Crippen molar-refractivity contribution in [2.45, 2.75) is 32.7 Å². The number of unbranched alkanes of at least 4 members (excludes halogenated alkanes) is 1. The Hall–Kier alpha value is -4.17. The Balaban J connectivity index is 1.66. The number of hydrogen-bond donors (Lipinski definition) is 2. The SMILES string of the molecule is CCCCNC(=O)Cc1ccc(-n2c(=O)c3ccccc3n(CC(=O)Nc3cccc(Cl)c3)c2=O)cc1. The van der Waals surface area contributed by atoms with Crippen molar-refractivity contribution in [3.63, 3.8) is 0 Å². The van der Waals surface area contributed by atoms with Crippen LogP contribution in [-0.2, 0) is 22.6 Å². The van der Waals surface area contributed by atoms with Gasteiger partial charge in [-0.2, -0.15) is 0 Å². The lowest BCUT2D eigenvalue weighted by Crippen LogP contribution is -2.40. The molecule has 0 unspecified atom stereocenters. The quantitative estimate of drug-likeness (QED) is 0.328. The number of carbonyl (C=O) groups is 2. The summed E-state index contributed by atoms with van der Waals surface area (Å²) in [4.78, 5) is 51.8. The molecule has 0 bridgehead atoms. The lowest BCUT2D eigenvalue weighted by molar-refractivity contribution is -0.120. The van der Waals surface area contributed by atoms with Gasteiger partial charge in [0.25, 0.3) is 5.56 Å². The first-order valence-electron chi connectivity index (χ1n) is 12.0. The Morgan fingerprint density at radius 2 is 1.68 bits per heavy atom. The number of para-hydroxylation sites is 1. The van der Waals surface area contributed by atoms with Gasteiger partial charge in [0.15, 0.2) is 0 Å². The van der Waals surface area contributed by atoms with Gasteiger partial charge in [0, 0.05) is 17.3 Å². The number of nitrogens with one attached hydrogen (secondary N) is 2. The Morgan fingerprint density at radius 1 is 0.919 bits per heavy atom. The van der Waals surface area contributed by atoms with E-state index < -0.39 is 17.2 Å². The van der Waals surface area contributed by atoms with Gasteiger partial charge in [0.05, 0.1) is 23.0 Å². The number of nitrogens with zero attached hydrogens (tertiary/aromatic N) is 2. The molecule has 37 heavy (non-hydrogen) atoms. The molecule has 0 aliphatic carbocycles. The van der Waals surface area contributed by atoms with Gasteiger partial charge < -0.3 is 10.6 Å². The first-order valence-corrected chi connectivity index (χ1v) is 12.4. The third-order valence-corrected chi connectivity index (χ3v) is 6.11. The average molecular weight is 519 g/mol. The first-order chi connectivity index (χ1) is 17.9. The van der Waals surface area contributed by atoms with Crippen molar-refractivity contribution >= 4 is 40.0 Å². The van der Waals surface area contributed by atoms with Gasteiger partial charge in [-0.15, -0.1) is 0 Å². The number of halogens is 1. The Kier molecular flexibility index (Phi) is 8.20. The topological polar surface area (TPSA) is 102 Å². The van der Waals surface area contributed by atoms with Crippen LogP contribution in [0.2, 0.25) is 5.02 Å². The number of aromatic nitrogens is 2. The second-order valence-corrected chi connectivity index (χ2v) is 9.07. The predicted octanol–water partition coefficient (Wildman–Crippen LogP) is 3.90. The van der Waals surface area contributed by atoms with Gasteiger partial charge in [-0.3, -0.25) is 19.0 Å². The molecule has 3 aromatic carbocycles. The molecule has 2 N–H and O–H groups in total. The van der Waals surface area contributed by atoms with Crippen LogP contribution in [-0.4, -0.2) is 27.5 Å². The zero-order valence-electron chi connectivity index (χ0n) is 20.4.